The van der Waals surface area contributed by atoms with E-state index in [1.165, 1.54) is 0 Å². The number of hydrogen-bond donors (Lipinski definition) is 0. The average Bonchev–Trinajstić information content (AvgIpc) is 3.33. The lowest BCUT2D eigenvalue weighted by Crippen LogP contribution is -2.49. The first-order chi connectivity index (χ1) is 15.1. The molecule has 1 amide bonds. The van der Waals surface area contributed by atoms with Crippen LogP contribution < -0.4 is 14.4 Å². The normalized spacial score (nSPS) is 13.9. The topological polar surface area (TPSA) is 67.8 Å². The Morgan fingerprint density at radius 1 is 1.06 bits per heavy atom. The zero-order valence-corrected chi connectivity index (χ0v) is 18.8. The van der Waals surface area contributed by atoms with Crippen LogP contribution in [-0.2, 0) is 6.42 Å². The van der Waals surface area contributed by atoms with E-state index in [1.54, 1.807) is 43.8 Å². The molecule has 7 nitrogen and oxygen atoms in total. The van der Waals surface area contributed by atoms with Gasteiger partial charge < -0.3 is 19.3 Å². The third-order valence-electron chi connectivity index (χ3n) is 5.43. The highest BCUT2D eigenvalue weighted by Gasteiger charge is 2.24. The van der Waals surface area contributed by atoms with Crippen LogP contribution in [0.5, 0.6) is 11.5 Å². The highest BCUT2D eigenvalue weighted by atomic mass is 32.1. The van der Waals surface area contributed by atoms with Gasteiger partial charge in [-0.25, -0.2) is 9.97 Å². The van der Waals surface area contributed by atoms with E-state index in [0.29, 0.717) is 30.2 Å². The van der Waals surface area contributed by atoms with Crippen LogP contribution in [0.25, 0.3) is 10.6 Å². The number of ether oxygens (including phenoxy) is 2. The number of anilines is 1. The highest BCUT2D eigenvalue weighted by molar-refractivity contribution is 7.13. The fourth-order valence-corrected chi connectivity index (χ4v) is 4.49. The van der Waals surface area contributed by atoms with Crippen LogP contribution >= 0.6 is 11.3 Å². The Kier molecular flexibility index (Phi) is 6.36. The Balaban J connectivity index is 1.38. The maximum Gasteiger partial charge on any atom is 0.254 e. The number of benzene rings is 1. The van der Waals surface area contributed by atoms with Crippen molar-refractivity contribution in [3.05, 3.63) is 53.2 Å². The molecule has 0 radical (unpaired) electrons. The van der Waals surface area contributed by atoms with E-state index in [1.807, 2.05) is 17.2 Å². The number of pyridine rings is 1. The molecule has 0 atom stereocenters. The predicted molar refractivity (Wildman–Crippen MR) is 122 cm³/mol. The van der Waals surface area contributed by atoms with Crippen molar-refractivity contribution in [2.24, 2.45) is 0 Å². The Morgan fingerprint density at radius 2 is 1.84 bits per heavy atom. The van der Waals surface area contributed by atoms with Crippen molar-refractivity contribution in [1.29, 1.82) is 0 Å². The van der Waals surface area contributed by atoms with Crippen LogP contribution in [0.3, 0.4) is 0 Å². The van der Waals surface area contributed by atoms with Crippen LogP contribution in [0.4, 0.5) is 5.82 Å². The zero-order valence-electron chi connectivity index (χ0n) is 18.0. The Bertz CT molecular complexity index is 1040. The van der Waals surface area contributed by atoms with E-state index < -0.39 is 0 Å². The average molecular weight is 439 g/mol. The molecule has 0 bridgehead atoms. The fourth-order valence-electron chi connectivity index (χ4n) is 3.59. The second-order valence-corrected chi connectivity index (χ2v) is 8.11. The lowest BCUT2D eigenvalue weighted by molar-refractivity contribution is 0.0746. The highest BCUT2D eigenvalue weighted by Crippen LogP contribution is 2.29. The number of hydrogen-bond acceptors (Lipinski definition) is 7. The molecule has 2 aromatic heterocycles. The zero-order chi connectivity index (χ0) is 21.8. The first kappa shape index (κ1) is 21.1. The second kappa shape index (κ2) is 9.34. The van der Waals surface area contributed by atoms with Gasteiger partial charge in [-0.15, -0.1) is 11.3 Å². The van der Waals surface area contributed by atoms with E-state index in [4.69, 9.17) is 9.47 Å². The van der Waals surface area contributed by atoms with E-state index in [-0.39, 0.29) is 5.91 Å². The van der Waals surface area contributed by atoms with Gasteiger partial charge in [0.1, 0.15) is 10.8 Å². The summed E-state index contributed by atoms with van der Waals surface area (Å²) < 4.78 is 10.6. The minimum Gasteiger partial charge on any atom is -0.493 e. The van der Waals surface area contributed by atoms with Crippen molar-refractivity contribution in [3.63, 3.8) is 0 Å². The molecule has 1 aromatic carbocycles. The maximum absolute atomic E-state index is 12.9. The molecule has 1 saturated heterocycles. The third-order valence-corrected chi connectivity index (χ3v) is 6.37. The molecular formula is C23H26N4O3S. The summed E-state index contributed by atoms with van der Waals surface area (Å²) in [6, 6.07) is 9.38. The summed E-state index contributed by atoms with van der Waals surface area (Å²) in [5, 5.41) is 3.10. The Morgan fingerprint density at radius 3 is 2.45 bits per heavy atom. The molecule has 4 rings (SSSR count). The summed E-state index contributed by atoms with van der Waals surface area (Å²) in [5.41, 5.74) is 2.75. The molecule has 0 unspecified atom stereocenters. The van der Waals surface area contributed by atoms with Gasteiger partial charge >= 0.3 is 0 Å². The van der Waals surface area contributed by atoms with Crippen molar-refractivity contribution in [3.8, 4) is 22.1 Å². The standard InChI is InChI=1S/C23H26N4O3S/c1-4-18-15-31-22(25-18)17-6-8-21(24-14-17)26-9-11-27(12-10-26)23(28)16-5-7-19(29-2)20(13-16)30-3/h5-8,13-15H,4,9-12H2,1-3H3. The van der Waals surface area contributed by atoms with Crippen molar-refractivity contribution < 1.29 is 14.3 Å². The predicted octanol–water partition coefficient (Wildman–Crippen LogP) is 3.75. The van der Waals surface area contributed by atoms with Crippen LogP contribution in [0.15, 0.2) is 41.9 Å². The largest absolute Gasteiger partial charge is 0.493 e. The number of amides is 1. The summed E-state index contributed by atoms with van der Waals surface area (Å²) in [4.78, 5) is 26.3. The summed E-state index contributed by atoms with van der Waals surface area (Å²) in [6.07, 6.45) is 2.82. The summed E-state index contributed by atoms with van der Waals surface area (Å²) in [7, 11) is 3.15. The molecule has 3 heterocycles. The number of carbonyl (C=O) groups is 1. The molecule has 0 saturated carbocycles. The number of carbonyl (C=O) groups excluding carboxylic acids is 1. The SMILES string of the molecule is CCc1csc(-c2ccc(N3CCN(C(=O)c4ccc(OC)c(OC)c4)CC3)nc2)n1. The van der Waals surface area contributed by atoms with Crippen molar-refractivity contribution in [2.45, 2.75) is 13.3 Å². The molecule has 1 fully saturated rings. The van der Waals surface area contributed by atoms with Gasteiger partial charge in [0.2, 0.25) is 0 Å². The quantitative estimate of drug-likeness (QED) is 0.584. The van der Waals surface area contributed by atoms with Gasteiger partial charge in [-0.1, -0.05) is 6.92 Å². The smallest absolute Gasteiger partial charge is 0.254 e. The van der Waals surface area contributed by atoms with E-state index in [0.717, 1.165) is 41.6 Å². The van der Waals surface area contributed by atoms with Gasteiger partial charge in [0.15, 0.2) is 11.5 Å². The molecule has 31 heavy (non-hydrogen) atoms. The van der Waals surface area contributed by atoms with Crippen molar-refractivity contribution in [2.75, 3.05) is 45.3 Å². The lowest BCUT2D eigenvalue weighted by Gasteiger charge is -2.35. The van der Waals surface area contributed by atoms with Gasteiger partial charge in [0.25, 0.3) is 5.91 Å². The summed E-state index contributed by atoms with van der Waals surface area (Å²) in [5.74, 6) is 2.10. The molecule has 1 aliphatic heterocycles. The number of piperazine rings is 1. The number of thiazole rings is 1. The van der Waals surface area contributed by atoms with Crippen LogP contribution in [0.1, 0.15) is 23.0 Å². The number of aromatic nitrogens is 2. The van der Waals surface area contributed by atoms with Gasteiger partial charge in [-0.3, -0.25) is 4.79 Å². The monoisotopic (exact) mass is 438 g/mol. The van der Waals surface area contributed by atoms with Crippen LogP contribution in [-0.4, -0.2) is 61.2 Å². The van der Waals surface area contributed by atoms with Gasteiger partial charge in [-0.2, -0.15) is 0 Å². The minimum absolute atomic E-state index is 0.000548. The Hall–Kier alpha value is -3.13. The van der Waals surface area contributed by atoms with E-state index >= 15 is 0 Å². The molecule has 1 aliphatic rings. The molecular weight excluding hydrogens is 412 g/mol. The van der Waals surface area contributed by atoms with E-state index in [2.05, 4.69) is 33.2 Å². The minimum atomic E-state index is -0.000548. The first-order valence-electron chi connectivity index (χ1n) is 10.3. The van der Waals surface area contributed by atoms with Gasteiger partial charge in [0, 0.05) is 48.9 Å². The molecule has 0 aliphatic carbocycles. The molecule has 0 spiro atoms. The molecule has 8 heteroatoms. The summed E-state index contributed by atoms with van der Waals surface area (Å²) in [6.45, 7) is 4.87. The van der Waals surface area contributed by atoms with E-state index in [9.17, 15) is 4.79 Å². The fraction of sp³-hybridized carbons (Fsp3) is 0.348. The molecule has 3 aromatic rings. The summed E-state index contributed by atoms with van der Waals surface area (Å²) >= 11 is 1.65. The van der Waals surface area contributed by atoms with Gasteiger partial charge in [-0.05, 0) is 36.8 Å². The van der Waals surface area contributed by atoms with Crippen molar-refractivity contribution in [1.82, 2.24) is 14.9 Å². The molecule has 0 N–H and O–H groups in total. The second-order valence-electron chi connectivity index (χ2n) is 7.25. The number of nitrogens with zero attached hydrogens (tertiary/aromatic N) is 4. The maximum atomic E-state index is 12.9. The lowest BCUT2D eigenvalue weighted by atomic mass is 10.1. The molecule has 162 valence electrons. The van der Waals surface area contributed by atoms with Gasteiger partial charge in [0.05, 0.1) is 19.9 Å². The number of methoxy groups -OCH3 is 2. The van der Waals surface area contributed by atoms with Crippen LogP contribution in [0.2, 0.25) is 0 Å². The Labute approximate surface area is 186 Å². The van der Waals surface area contributed by atoms with Crippen molar-refractivity contribution >= 4 is 23.1 Å². The number of rotatable bonds is 6. The number of aryl methyl sites for hydroxylation is 1. The first-order valence-corrected chi connectivity index (χ1v) is 11.2. The third kappa shape index (κ3) is 4.49. The van der Waals surface area contributed by atoms with Crippen LogP contribution in [0, 0.1) is 0 Å².